The number of carbonyl (C=O) groups is 3. The van der Waals surface area contributed by atoms with Crippen molar-refractivity contribution in [3.63, 3.8) is 0 Å². The van der Waals surface area contributed by atoms with Crippen LogP contribution in [-0.4, -0.2) is 30.0 Å². The minimum atomic E-state index is -0.550. The van der Waals surface area contributed by atoms with E-state index in [0.717, 1.165) is 5.56 Å². The molecule has 0 unspecified atom stereocenters. The maximum Gasteiger partial charge on any atom is 0.337 e. The summed E-state index contributed by atoms with van der Waals surface area (Å²) >= 11 is 4.77. The molecule has 7 nitrogen and oxygen atoms in total. The first-order chi connectivity index (χ1) is 13.5. The number of benzene rings is 2. The number of ether oxygens (including phenoxy) is 2. The van der Waals surface area contributed by atoms with Gasteiger partial charge in [0.2, 0.25) is 0 Å². The van der Waals surface area contributed by atoms with Gasteiger partial charge in [0.15, 0.2) is 5.11 Å². The van der Waals surface area contributed by atoms with E-state index in [9.17, 15) is 14.4 Å². The van der Waals surface area contributed by atoms with Crippen LogP contribution in [0.4, 0.5) is 0 Å². The van der Waals surface area contributed by atoms with Crippen LogP contribution in [0.2, 0.25) is 0 Å². The molecule has 1 aliphatic rings. The molecule has 0 aromatic heterocycles. The average Bonchev–Trinajstić information content (AvgIpc) is 2.69. The van der Waals surface area contributed by atoms with Crippen LogP contribution in [-0.2, 0) is 20.9 Å². The fraction of sp³-hybridized carbons (Fsp3) is 0.100. The summed E-state index contributed by atoms with van der Waals surface area (Å²) < 4.78 is 10.4. The number of rotatable bonds is 5. The van der Waals surface area contributed by atoms with Gasteiger partial charge in [0, 0.05) is 0 Å². The van der Waals surface area contributed by atoms with E-state index in [4.69, 9.17) is 17.0 Å². The molecule has 2 aromatic carbocycles. The van der Waals surface area contributed by atoms with Gasteiger partial charge in [-0.05, 0) is 53.7 Å². The fourth-order valence-electron chi connectivity index (χ4n) is 2.49. The van der Waals surface area contributed by atoms with E-state index in [1.54, 1.807) is 48.5 Å². The highest BCUT2D eigenvalue weighted by atomic mass is 32.1. The molecule has 3 rings (SSSR count). The Morgan fingerprint density at radius 2 is 1.75 bits per heavy atom. The molecule has 142 valence electrons. The molecule has 1 aliphatic heterocycles. The van der Waals surface area contributed by atoms with Gasteiger partial charge in [0.1, 0.15) is 17.9 Å². The van der Waals surface area contributed by atoms with Gasteiger partial charge >= 0.3 is 5.97 Å². The van der Waals surface area contributed by atoms with Crippen LogP contribution < -0.4 is 15.4 Å². The predicted octanol–water partition coefficient (Wildman–Crippen LogP) is 1.97. The highest BCUT2D eigenvalue weighted by molar-refractivity contribution is 7.80. The molecule has 0 atom stereocenters. The second-order valence-electron chi connectivity index (χ2n) is 5.85. The lowest BCUT2D eigenvalue weighted by Crippen LogP contribution is -2.51. The summed E-state index contributed by atoms with van der Waals surface area (Å²) in [7, 11) is 1.33. The zero-order valence-corrected chi connectivity index (χ0v) is 15.7. The van der Waals surface area contributed by atoms with Gasteiger partial charge in [0.25, 0.3) is 11.8 Å². The molecular weight excluding hydrogens is 380 g/mol. The maximum absolute atomic E-state index is 11.9. The number of nitrogens with one attached hydrogen (secondary N) is 2. The normalized spacial score (nSPS) is 13.5. The van der Waals surface area contributed by atoms with Crippen LogP contribution in [0.15, 0.2) is 54.1 Å². The Bertz CT molecular complexity index is 960. The second kappa shape index (κ2) is 8.45. The zero-order valence-electron chi connectivity index (χ0n) is 14.9. The standard InChI is InChI=1S/C20H16N2O5S/c1-26-19(25)14-7-5-12(6-8-14)11-27-15-4-2-3-13(9-15)10-16-17(23)21-20(28)22-18(16)24/h2-10H,11H2,1H3,(H2,21,22,23,24,28). The molecule has 28 heavy (non-hydrogen) atoms. The van der Waals surface area contributed by atoms with Crippen LogP contribution in [0.25, 0.3) is 6.08 Å². The number of amides is 2. The number of hydrogen-bond acceptors (Lipinski definition) is 6. The minimum Gasteiger partial charge on any atom is -0.489 e. The van der Waals surface area contributed by atoms with E-state index < -0.39 is 17.8 Å². The monoisotopic (exact) mass is 396 g/mol. The van der Waals surface area contributed by atoms with Gasteiger partial charge < -0.3 is 9.47 Å². The number of carbonyl (C=O) groups excluding carboxylic acids is 3. The third-order valence-electron chi connectivity index (χ3n) is 3.89. The fourth-order valence-corrected chi connectivity index (χ4v) is 2.67. The Morgan fingerprint density at radius 1 is 1.07 bits per heavy atom. The summed E-state index contributed by atoms with van der Waals surface area (Å²) in [6.07, 6.45) is 1.46. The minimum absolute atomic E-state index is 0.0116. The zero-order chi connectivity index (χ0) is 20.1. The van der Waals surface area contributed by atoms with E-state index in [-0.39, 0.29) is 17.3 Å². The smallest absolute Gasteiger partial charge is 0.337 e. The first-order valence-electron chi connectivity index (χ1n) is 8.25. The lowest BCUT2D eigenvalue weighted by molar-refractivity contribution is -0.123. The van der Waals surface area contributed by atoms with Gasteiger partial charge in [-0.3, -0.25) is 20.2 Å². The molecule has 2 N–H and O–H groups in total. The summed E-state index contributed by atoms with van der Waals surface area (Å²) in [6.45, 7) is 0.288. The van der Waals surface area contributed by atoms with Gasteiger partial charge in [-0.15, -0.1) is 0 Å². The van der Waals surface area contributed by atoms with Crippen molar-refractivity contribution < 1.29 is 23.9 Å². The molecule has 0 saturated carbocycles. The quantitative estimate of drug-likeness (QED) is 0.347. The van der Waals surface area contributed by atoms with Gasteiger partial charge in [-0.25, -0.2) is 4.79 Å². The van der Waals surface area contributed by atoms with E-state index in [1.165, 1.54) is 13.2 Å². The first kappa shape index (κ1) is 19.2. The van der Waals surface area contributed by atoms with Crippen molar-refractivity contribution in [1.82, 2.24) is 10.6 Å². The van der Waals surface area contributed by atoms with Crippen molar-refractivity contribution in [2.24, 2.45) is 0 Å². The molecule has 8 heteroatoms. The summed E-state index contributed by atoms with van der Waals surface area (Å²) in [5.41, 5.74) is 1.93. The SMILES string of the molecule is COC(=O)c1ccc(COc2cccc(C=C3C(=O)NC(=S)NC3=O)c2)cc1. The van der Waals surface area contributed by atoms with Crippen molar-refractivity contribution >= 4 is 41.2 Å². The summed E-state index contributed by atoms with van der Waals surface area (Å²) in [5.74, 6) is -0.931. The number of esters is 1. The van der Waals surface area contributed by atoms with E-state index in [2.05, 4.69) is 15.4 Å². The molecule has 2 aromatic rings. The highest BCUT2D eigenvalue weighted by Gasteiger charge is 2.25. The van der Waals surface area contributed by atoms with E-state index in [1.807, 2.05) is 0 Å². The van der Waals surface area contributed by atoms with Gasteiger partial charge in [-0.1, -0.05) is 24.3 Å². The molecular formula is C20H16N2O5S. The number of thiocarbonyl (C=S) groups is 1. The van der Waals surface area contributed by atoms with Crippen molar-refractivity contribution in [3.8, 4) is 5.75 Å². The molecule has 1 heterocycles. The van der Waals surface area contributed by atoms with Crippen molar-refractivity contribution in [1.29, 1.82) is 0 Å². The molecule has 0 spiro atoms. The summed E-state index contributed by atoms with van der Waals surface area (Å²) in [6, 6.07) is 13.9. The van der Waals surface area contributed by atoms with Crippen LogP contribution in [0.3, 0.4) is 0 Å². The number of hydrogen-bond donors (Lipinski definition) is 2. The van der Waals surface area contributed by atoms with Crippen molar-refractivity contribution in [3.05, 3.63) is 70.8 Å². The van der Waals surface area contributed by atoms with Crippen LogP contribution in [0, 0.1) is 0 Å². The molecule has 1 fully saturated rings. The van der Waals surface area contributed by atoms with Gasteiger partial charge in [0.05, 0.1) is 12.7 Å². The Labute approximate surface area is 166 Å². The maximum atomic E-state index is 11.9. The third-order valence-corrected chi connectivity index (χ3v) is 4.10. The molecule has 0 aliphatic carbocycles. The van der Waals surface area contributed by atoms with Gasteiger partial charge in [-0.2, -0.15) is 0 Å². The largest absolute Gasteiger partial charge is 0.489 e. The van der Waals surface area contributed by atoms with Crippen LogP contribution in [0.1, 0.15) is 21.5 Å². The molecule has 1 saturated heterocycles. The predicted molar refractivity (Wildman–Crippen MR) is 105 cm³/mol. The van der Waals surface area contributed by atoms with Crippen molar-refractivity contribution in [2.45, 2.75) is 6.61 Å². The Kier molecular flexibility index (Phi) is 5.81. The summed E-state index contributed by atoms with van der Waals surface area (Å²) in [5, 5.41) is 4.76. The topological polar surface area (TPSA) is 93.7 Å². The highest BCUT2D eigenvalue weighted by Crippen LogP contribution is 2.18. The molecule has 2 amide bonds. The van der Waals surface area contributed by atoms with Crippen LogP contribution >= 0.6 is 12.2 Å². The van der Waals surface area contributed by atoms with Crippen molar-refractivity contribution in [2.75, 3.05) is 7.11 Å². The molecule has 0 radical (unpaired) electrons. The second-order valence-corrected chi connectivity index (χ2v) is 6.25. The summed E-state index contributed by atoms with van der Waals surface area (Å²) in [4.78, 5) is 35.3. The lowest BCUT2D eigenvalue weighted by atomic mass is 10.1. The Morgan fingerprint density at radius 3 is 2.39 bits per heavy atom. The van der Waals surface area contributed by atoms with E-state index in [0.29, 0.717) is 16.9 Å². The number of methoxy groups -OCH3 is 1. The Hall–Kier alpha value is -3.52. The lowest BCUT2D eigenvalue weighted by Gasteiger charge is -2.16. The third kappa shape index (κ3) is 4.60. The van der Waals surface area contributed by atoms with Crippen LogP contribution in [0.5, 0.6) is 5.75 Å². The average molecular weight is 396 g/mol. The van der Waals surface area contributed by atoms with E-state index >= 15 is 0 Å². The first-order valence-corrected chi connectivity index (χ1v) is 8.65. The Balaban J connectivity index is 1.69. The molecule has 0 bridgehead atoms.